The third kappa shape index (κ3) is 2.59. The summed E-state index contributed by atoms with van der Waals surface area (Å²) in [5, 5.41) is 10.1. The lowest BCUT2D eigenvalue weighted by Crippen LogP contribution is -2.26. The number of carbonyl (C=O) groups excluding carboxylic acids is 2. The average Bonchev–Trinajstić information content (AvgIpc) is 2.43. The molecule has 0 spiro atoms. The molecule has 2 rings (SSSR count). The molecule has 6 nitrogen and oxygen atoms in total. The summed E-state index contributed by atoms with van der Waals surface area (Å²) >= 11 is 0. The van der Waals surface area contributed by atoms with Gasteiger partial charge in [-0.25, -0.2) is 4.79 Å². The highest BCUT2D eigenvalue weighted by atomic mass is 16.7. The van der Waals surface area contributed by atoms with Crippen LogP contribution in [0.25, 0.3) is 10.8 Å². The highest BCUT2D eigenvalue weighted by Crippen LogP contribution is 2.23. The Morgan fingerprint density at radius 1 is 1.05 bits per heavy atom. The van der Waals surface area contributed by atoms with Crippen LogP contribution < -0.4 is 5.48 Å². The van der Waals surface area contributed by atoms with Gasteiger partial charge in [-0.1, -0.05) is 24.3 Å². The van der Waals surface area contributed by atoms with Crippen molar-refractivity contribution in [3.05, 3.63) is 47.5 Å². The number of hydroxylamine groups is 1. The standard InChI is InChI=1S/C14H11NO5/c1-8(16)20-15-13(17)10-6-2-4-9-5-3-7-11(12(9)10)14(18)19/h2-7H,1H3,(H,15,17)(H,18,19). The fourth-order valence-corrected chi connectivity index (χ4v) is 1.88. The first-order valence-corrected chi connectivity index (χ1v) is 5.73. The minimum absolute atomic E-state index is 0.0103. The van der Waals surface area contributed by atoms with Gasteiger partial charge in [0.15, 0.2) is 0 Å². The average molecular weight is 273 g/mol. The van der Waals surface area contributed by atoms with E-state index in [0.29, 0.717) is 10.8 Å². The number of rotatable bonds is 2. The molecule has 2 aromatic rings. The van der Waals surface area contributed by atoms with Crippen molar-refractivity contribution < 1.29 is 24.3 Å². The molecule has 0 saturated heterocycles. The minimum atomic E-state index is -1.14. The van der Waals surface area contributed by atoms with E-state index >= 15 is 0 Å². The fourth-order valence-electron chi connectivity index (χ4n) is 1.88. The quantitative estimate of drug-likeness (QED) is 0.813. The number of hydrogen-bond donors (Lipinski definition) is 2. The molecule has 1 amide bonds. The van der Waals surface area contributed by atoms with Crippen molar-refractivity contribution in [1.29, 1.82) is 0 Å². The van der Waals surface area contributed by atoms with Gasteiger partial charge in [-0.05, 0) is 17.5 Å². The van der Waals surface area contributed by atoms with Gasteiger partial charge in [0, 0.05) is 12.3 Å². The summed E-state index contributed by atoms with van der Waals surface area (Å²) in [4.78, 5) is 38.3. The van der Waals surface area contributed by atoms with Crippen LogP contribution in [0.4, 0.5) is 0 Å². The minimum Gasteiger partial charge on any atom is -0.478 e. The summed E-state index contributed by atoms with van der Waals surface area (Å²) in [5.41, 5.74) is 2.11. The molecule has 0 fully saturated rings. The van der Waals surface area contributed by atoms with Crippen LogP contribution in [0, 0.1) is 0 Å². The Morgan fingerprint density at radius 2 is 1.65 bits per heavy atom. The largest absolute Gasteiger partial charge is 0.478 e. The van der Waals surface area contributed by atoms with E-state index in [9.17, 15) is 19.5 Å². The molecule has 0 unspecified atom stereocenters. The molecule has 2 N–H and O–H groups in total. The molecule has 0 atom stereocenters. The van der Waals surface area contributed by atoms with Crippen LogP contribution in [0.1, 0.15) is 27.6 Å². The van der Waals surface area contributed by atoms with Gasteiger partial charge in [0.05, 0.1) is 11.1 Å². The molecule has 0 aliphatic carbocycles. The van der Waals surface area contributed by atoms with Crippen LogP contribution in [0.15, 0.2) is 36.4 Å². The number of benzene rings is 2. The van der Waals surface area contributed by atoms with Crippen LogP contribution in [0.3, 0.4) is 0 Å². The zero-order valence-electron chi connectivity index (χ0n) is 10.5. The Balaban J connectivity index is 2.55. The molecule has 0 saturated carbocycles. The SMILES string of the molecule is CC(=O)ONC(=O)c1cccc2cccc(C(=O)O)c12. The predicted molar refractivity (Wildman–Crippen MR) is 70.1 cm³/mol. The molecule has 6 heteroatoms. The van der Waals surface area contributed by atoms with Crippen molar-refractivity contribution in [2.75, 3.05) is 0 Å². The zero-order valence-corrected chi connectivity index (χ0v) is 10.5. The number of aromatic carboxylic acids is 1. The third-order valence-electron chi connectivity index (χ3n) is 2.67. The second-order valence-electron chi connectivity index (χ2n) is 4.04. The Hall–Kier alpha value is -2.89. The molecular weight excluding hydrogens is 262 g/mol. The van der Waals surface area contributed by atoms with Crippen molar-refractivity contribution in [3.8, 4) is 0 Å². The maximum absolute atomic E-state index is 12.0. The van der Waals surface area contributed by atoms with Crippen molar-refractivity contribution in [2.24, 2.45) is 0 Å². The van der Waals surface area contributed by atoms with Gasteiger partial charge in [0.1, 0.15) is 0 Å². The lowest BCUT2D eigenvalue weighted by Gasteiger charge is -2.09. The van der Waals surface area contributed by atoms with Gasteiger partial charge in [0.25, 0.3) is 5.91 Å². The second-order valence-corrected chi connectivity index (χ2v) is 4.04. The maximum Gasteiger partial charge on any atom is 0.336 e. The molecule has 0 heterocycles. The van der Waals surface area contributed by atoms with E-state index in [0.717, 1.165) is 6.92 Å². The zero-order chi connectivity index (χ0) is 14.7. The second kappa shape index (κ2) is 5.40. The highest BCUT2D eigenvalue weighted by Gasteiger charge is 2.16. The summed E-state index contributed by atoms with van der Waals surface area (Å²) in [7, 11) is 0. The Bertz CT molecular complexity index is 703. The van der Waals surface area contributed by atoms with Crippen molar-refractivity contribution >= 4 is 28.6 Å². The molecular formula is C14H11NO5. The highest BCUT2D eigenvalue weighted by molar-refractivity contribution is 6.14. The topological polar surface area (TPSA) is 92.7 Å². The predicted octanol–water partition coefficient (Wildman–Crippen LogP) is 1.75. The first kappa shape index (κ1) is 13.5. The van der Waals surface area contributed by atoms with Crippen LogP contribution in [0.5, 0.6) is 0 Å². The molecule has 0 radical (unpaired) electrons. The third-order valence-corrected chi connectivity index (χ3v) is 2.67. The van der Waals surface area contributed by atoms with Crippen LogP contribution >= 0.6 is 0 Å². The monoisotopic (exact) mass is 273 g/mol. The fraction of sp³-hybridized carbons (Fsp3) is 0.0714. The van der Waals surface area contributed by atoms with Crippen LogP contribution in [0.2, 0.25) is 0 Å². The first-order chi connectivity index (χ1) is 9.50. The number of carbonyl (C=O) groups is 3. The van der Waals surface area contributed by atoms with Crippen molar-refractivity contribution in [1.82, 2.24) is 5.48 Å². The smallest absolute Gasteiger partial charge is 0.336 e. The normalized spacial score (nSPS) is 10.1. The van der Waals surface area contributed by atoms with Gasteiger partial charge in [-0.2, -0.15) is 5.48 Å². The summed E-state index contributed by atoms with van der Waals surface area (Å²) < 4.78 is 0. The van der Waals surface area contributed by atoms with Gasteiger partial charge < -0.3 is 9.94 Å². The van der Waals surface area contributed by atoms with Gasteiger partial charge in [-0.3, -0.25) is 9.59 Å². The molecule has 0 bridgehead atoms. The van der Waals surface area contributed by atoms with Gasteiger partial charge >= 0.3 is 11.9 Å². The molecule has 20 heavy (non-hydrogen) atoms. The van der Waals surface area contributed by atoms with E-state index in [2.05, 4.69) is 4.84 Å². The van der Waals surface area contributed by atoms with Gasteiger partial charge in [-0.15, -0.1) is 0 Å². The van der Waals surface area contributed by atoms with Crippen LogP contribution in [-0.2, 0) is 9.63 Å². The van der Waals surface area contributed by atoms with Crippen LogP contribution in [-0.4, -0.2) is 23.0 Å². The summed E-state index contributed by atoms with van der Waals surface area (Å²) in [6.45, 7) is 1.14. The molecule has 0 aliphatic heterocycles. The number of amides is 1. The van der Waals surface area contributed by atoms with E-state index < -0.39 is 17.8 Å². The Morgan fingerprint density at radius 3 is 2.20 bits per heavy atom. The Labute approximate surface area is 113 Å². The number of carboxylic acid groups (broad SMARTS) is 1. The van der Waals surface area contributed by atoms with E-state index in [4.69, 9.17) is 0 Å². The molecule has 0 aliphatic rings. The maximum atomic E-state index is 12.0. The van der Waals surface area contributed by atoms with E-state index in [-0.39, 0.29) is 11.1 Å². The molecule has 0 aromatic heterocycles. The van der Waals surface area contributed by atoms with Crippen molar-refractivity contribution in [2.45, 2.75) is 6.92 Å². The number of nitrogens with one attached hydrogen (secondary N) is 1. The van der Waals surface area contributed by atoms with E-state index in [1.807, 2.05) is 5.48 Å². The number of carboxylic acids is 1. The number of hydrogen-bond acceptors (Lipinski definition) is 4. The van der Waals surface area contributed by atoms with E-state index in [1.54, 1.807) is 24.3 Å². The summed E-state index contributed by atoms with van der Waals surface area (Å²) in [6, 6.07) is 9.49. The Kier molecular flexibility index (Phi) is 3.65. The summed E-state index contributed by atoms with van der Waals surface area (Å²) in [5.74, 6) is -2.49. The summed E-state index contributed by atoms with van der Waals surface area (Å²) in [6.07, 6.45) is 0. The number of fused-ring (bicyclic) bond motifs is 1. The van der Waals surface area contributed by atoms with Crippen molar-refractivity contribution in [3.63, 3.8) is 0 Å². The molecule has 2 aromatic carbocycles. The van der Waals surface area contributed by atoms with E-state index in [1.165, 1.54) is 12.1 Å². The molecule has 102 valence electrons. The lowest BCUT2D eigenvalue weighted by molar-refractivity contribution is -0.146. The van der Waals surface area contributed by atoms with Gasteiger partial charge in [0.2, 0.25) is 0 Å². The first-order valence-electron chi connectivity index (χ1n) is 5.73. The lowest BCUT2D eigenvalue weighted by atomic mass is 9.99.